The van der Waals surface area contributed by atoms with Gasteiger partial charge in [-0.1, -0.05) is 26.2 Å². The fraction of sp³-hybridized carbons (Fsp3) is 0.467. The number of carbonyl (C=O) groups excluding carboxylic acids is 1. The maximum atomic E-state index is 11.6. The molecule has 0 atom stereocenters. The average molecular weight is 278 g/mol. The quantitative estimate of drug-likeness (QED) is 0.669. The summed E-state index contributed by atoms with van der Waals surface area (Å²) >= 11 is 0. The van der Waals surface area contributed by atoms with Gasteiger partial charge < -0.3 is 15.7 Å². The summed E-state index contributed by atoms with van der Waals surface area (Å²) in [6.07, 6.45) is 4.43. The van der Waals surface area contributed by atoms with Crippen molar-refractivity contribution in [2.45, 2.75) is 39.5 Å². The SMILES string of the molecule is CCCCCCNC(=O)Nc1ccc(C(=O)O)c(C)c1. The highest BCUT2D eigenvalue weighted by atomic mass is 16.4. The maximum absolute atomic E-state index is 11.6. The molecule has 0 aliphatic carbocycles. The molecule has 0 spiro atoms. The number of aromatic carboxylic acids is 1. The number of urea groups is 1. The third kappa shape index (κ3) is 5.30. The van der Waals surface area contributed by atoms with Gasteiger partial charge in [-0.25, -0.2) is 9.59 Å². The first-order valence-electron chi connectivity index (χ1n) is 6.93. The summed E-state index contributed by atoms with van der Waals surface area (Å²) in [6, 6.07) is 4.48. The van der Waals surface area contributed by atoms with Gasteiger partial charge in [-0.2, -0.15) is 0 Å². The number of hydrogen-bond acceptors (Lipinski definition) is 2. The smallest absolute Gasteiger partial charge is 0.335 e. The molecule has 0 saturated heterocycles. The van der Waals surface area contributed by atoms with Gasteiger partial charge in [0.25, 0.3) is 0 Å². The number of unbranched alkanes of at least 4 members (excludes halogenated alkanes) is 3. The van der Waals surface area contributed by atoms with E-state index in [1.807, 2.05) is 0 Å². The zero-order valence-corrected chi connectivity index (χ0v) is 12.0. The Bertz CT molecular complexity index is 472. The second-order valence-corrected chi connectivity index (χ2v) is 4.78. The molecule has 5 nitrogen and oxygen atoms in total. The molecule has 1 aromatic carbocycles. The molecular formula is C15H22N2O3. The Kier molecular flexibility index (Phi) is 6.56. The second-order valence-electron chi connectivity index (χ2n) is 4.78. The Morgan fingerprint density at radius 1 is 1.20 bits per heavy atom. The minimum Gasteiger partial charge on any atom is -0.478 e. The molecule has 3 N–H and O–H groups in total. The van der Waals surface area contributed by atoms with E-state index in [4.69, 9.17) is 5.11 Å². The Hall–Kier alpha value is -2.04. The van der Waals surface area contributed by atoms with E-state index >= 15 is 0 Å². The number of carbonyl (C=O) groups is 2. The largest absolute Gasteiger partial charge is 0.478 e. The van der Waals surface area contributed by atoms with Crippen LogP contribution in [0, 0.1) is 6.92 Å². The number of amides is 2. The summed E-state index contributed by atoms with van der Waals surface area (Å²) < 4.78 is 0. The minimum atomic E-state index is -0.963. The molecule has 20 heavy (non-hydrogen) atoms. The monoisotopic (exact) mass is 278 g/mol. The van der Waals surface area contributed by atoms with Crippen LogP contribution in [0.3, 0.4) is 0 Å². The maximum Gasteiger partial charge on any atom is 0.335 e. The molecule has 0 unspecified atom stereocenters. The molecule has 1 aromatic rings. The fourth-order valence-corrected chi connectivity index (χ4v) is 1.91. The molecule has 0 aromatic heterocycles. The topological polar surface area (TPSA) is 78.4 Å². The normalized spacial score (nSPS) is 10.1. The molecule has 0 saturated carbocycles. The predicted molar refractivity (Wildman–Crippen MR) is 79.3 cm³/mol. The van der Waals surface area contributed by atoms with Crippen molar-refractivity contribution in [3.63, 3.8) is 0 Å². The van der Waals surface area contributed by atoms with Crippen molar-refractivity contribution < 1.29 is 14.7 Å². The third-order valence-electron chi connectivity index (χ3n) is 3.03. The van der Waals surface area contributed by atoms with Crippen molar-refractivity contribution in [1.29, 1.82) is 0 Å². The van der Waals surface area contributed by atoms with Crippen molar-refractivity contribution >= 4 is 17.7 Å². The van der Waals surface area contributed by atoms with E-state index in [9.17, 15) is 9.59 Å². The fourth-order valence-electron chi connectivity index (χ4n) is 1.91. The lowest BCUT2D eigenvalue weighted by Gasteiger charge is -2.09. The molecule has 5 heteroatoms. The van der Waals surface area contributed by atoms with Gasteiger partial charge in [0.2, 0.25) is 0 Å². The number of rotatable bonds is 7. The highest BCUT2D eigenvalue weighted by Gasteiger charge is 2.08. The van der Waals surface area contributed by atoms with Crippen molar-refractivity contribution in [3.8, 4) is 0 Å². The number of carboxylic acids is 1. The third-order valence-corrected chi connectivity index (χ3v) is 3.03. The molecule has 0 bridgehead atoms. The van der Waals surface area contributed by atoms with Crippen LogP contribution >= 0.6 is 0 Å². The summed E-state index contributed by atoms with van der Waals surface area (Å²) in [5.74, 6) is -0.963. The lowest BCUT2D eigenvalue weighted by molar-refractivity contribution is 0.0696. The molecule has 0 aliphatic heterocycles. The number of aryl methyl sites for hydroxylation is 1. The van der Waals surface area contributed by atoms with E-state index in [0.29, 0.717) is 17.8 Å². The van der Waals surface area contributed by atoms with Crippen molar-refractivity contribution in [1.82, 2.24) is 5.32 Å². The highest BCUT2D eigenvalue weighted by molar-refractivity contribution is 5.92. The van der Waals surface area contributed by atoms with Gasteiger partial charge in [-0.3, -0.25) is 0 Å². The lowest BCUT2D eigenvalue weighted by Crippen LogP contribution is -2.29. The van der Waals surface area contributed by atoms with Gasteiger partial charge in [0.1, 0.15) is 0 Å². The molecule has 1 rings (SSSR count). The van der Waals surface area contributed by atoms with E-state index in [-0.39, 0.29) is 11.6 Å². The Morgan fingerprint density at radius 2 is 1.95 bits per heavy atom. The summed E-state index contributed by atoms with van der Waals surface area (Å²) in [6.45, 7) is 4.50. The van der Waals surface area contributed by atoms with Crippen LogP contribution < -0.4 is 10.6 Å². The first kappa shape index (κ1) is 16.0. The minimum absolute atomic E-state index is 0.246. The molecule has 0 heterocycles. The van der Waals surface area contributed by atoms with Crippen LogP contribution in [-0.4, -0.2) is 23.7 Å². The predicted octanol–water partition coefficient (Wildman–Crippen LogP) is 3.40. The Morgan fingerprint density at radius 3 is 2.55 bits per heavy atom. The average Bonchev–Trinajstić information content (AvgIpc) is 2.38. The standard InChI is InChI=1S/C15H22N2O3/c1-3-4-5-6-9-16-15(20)17-12-7-8-13(14(18)19)11(2)10-12/h7-8,10H,3-6,9H2,1-2H3,(H,18,19)(H2,16,17,20). The number of nitrogens with one attached hydrogen (secondary N) is 2. The van der Waals surface area contributed by atoms with Crippen LogP contribution in [0.4, 0.5) is 10.5 Å². The van der Waals surface area contributed by atoms with E-state index in [0.717, 1.165) is 12.8 Å². The lowest BCUT2D eigenvalue weighted by atomic mass is 10.1. The van der Waals surface area contributed by atoms with Gasteiger partial charge in [-0.05, 0) is 37.1 Å². The summed E-state index contributed by atoms with van der Waals surface area (Å²) in [4.78, 5) is 22.5. The van der Waals surface area contributed by atoms with E-state index in [1.165, 1.54) is 18.9 Å². The van der Waals surface area contributed by atoms with Crippen molar-refractivity contribution in [2.24, 2.45) is 0 Å². The van der Waals surface area contributed by atoms with Crippen LogP contribution in [0.5, 0.6) is 0 Å². The van der Waals surface area contributed by atoms with E-state index in [1.54, 1.807) is 19.1 Å². The first-order valence-corrected chi connectivity index (χ1v) is 6.93. The molecule has 0 fully saturated rings. The van der Waals surface area contributed by atoms with Crippen LogP contribution in [0.1, 0.15) is 48.5 Å². The molecule has 0 aliphatic rings. The van der Waals surface area contributed by atoms with Crippen molar-refractivity contribution in [3.05, 3.63) is 29.3 Å². The van der Waals surface area contributed by atoms with Crippen molar-refractivity contribution in [2.75, 3.05) is 11.9 Å². The van der Waals surface area contributed by atoms with E-state index in [2.05, 4.69) is 17.6 Å². The molecular weight excluding hydrogens is 256 g/mol. The van der Waals surface area contributed by atoms with Crippen LogP contribution in [0.25, 0.3) is 0 Å². The first-order chi connectivity index (χ1) is 9.54. The number of carboxylic acid groups (broad SMARTS) is 1. The second kappa shape index (κ2) is 8.19. The molecule has 0 radical (unpaired) electrons. The van der Waals surface area contributed by atoms with Crippen LogP contribution in [0.2, 0.25) is 0 Å². The summed E-state index contributed by atoms with van der Waals surface area (Å²) in [5, 5.41) is 14.4. The van der Waals surface area contributed by atoms with Crippen LogP contribution in [0.15, 0.2) is 18.2 Å². The van der Waals surface area contributed by atoms with Gasteiger partial charge in [0.05, 0.1) is 5.56 Å². The zero-order chi connectivity index (χ0) is 15.0. The number of benzene rings is 1. The van der Waals surface area contributed by atoms with E-state index < -0.39 is 5.97 Å². The molecule has 110 valence electrons. The summed E-state index contributed by atoms with van der Waals surface area (Å²) in [5.41, 5.74) is 1.47. The van der Waals surface area contributed by atoms with Crippen LogP contribution in [-0.2, 0) is 0 Å². The number of anilines is 1. The Balaban J connectivity index is 2.42. The van der Waals surface area contributed by atoms with Gasteiger partial charge >= 0.3 is 12.0 Å². The van der Waals surface area contributed by atoms with Gasteiger partial charge in [0, 0.05) is 12.2 Å². The van der Waals surface area contributed by atoms with Gasteiger partial charge in [0.15, 0.2) is 0 Å². The highest BCUT2D eigenvalue weighted by Crippen LogP contribution is 2.15. The molecule has 2 amide bonds. The zero-order valence-electron chi connectivity index (χ0n) is 12.0. The van der Waals surface area contributed by atoms with Gasteiger partial charge in [-0.15, -0.1) is 0 Å². The number of hydrogen-bond donors (Lipinski definition) is 3. The summed E-state index contributed by atoms with van der Waals surface area (Å²) in [7, 11) is 0. The Labute approximate surface area is 119 Å².